The van der Waals surface area contributed by atoms with Gasteiger partial charge in [-0.1, -0.05) is 6.92 Å². The second-order valence-electron chi connectivity index (χ2n) is 5.88. The van der Waals surface area contributed by atoms with Crippen molar-refractivity contribution in [2.45, 2.75) is 32.7 Å². The number of nitrogens with zero attached hydrogens (tertiary/aromatic N) is 3. The van der Waals surface area contributed by atoms with Crippen LogP contribution in [-0.4, -0.2) is 87.7 Å². The predicted molar refractivity (Wildman–Crippen MR) is 93.8 cm³/mol. The highest BCUT2D eigenvalue weighted by atomic mass is 16.5. The Bertz CT molecular complexity index is 375. The average molecular weight is 327 g/mol. The van der Waals surface area contributed by atoms with Gasteiger partial charge in [-0.05, 0) is 20.4 Å². The van der Waals surface area contributed by atoms with E-state index in [1.165, 1.54) is 0 Å². The van der Waals surface area contributed by atoms with Crippen LogP contribution in [0.4, 0.5) is 0 Å². The van der Waals surface area contributed by atoms with Crippen LogP contribution in [0, 0.1) is 0 Å². The van der Waals surface area contributed by atoms with Gasteiger partial charge >= 0.3 is 0 Å². The van der Waals surface area contributed by atoms with Crippen molar-refractivity contribution >= 4 is 11.9 Å². The number of nitrogens with one attached hydrogen (secondary N) is 2. The number of carbonyl (C=O) groups excluding carboxylic acids is 1. The first kappa shape index (κ1) is 19.7. The third-order valence-electron chi connectivity index (χ3n) is 3.96. The normalized spacial score (nSPS) is 18.6. The summed E-state index contributed by atoms with van der Waals surface area (Å²) in [6, 6.07) is 0.287. The first-order valence-electron chi connectivity index (χ1n) is 8.60. The van der Waals surface area contributed by atoms with E-state index in [4.69, 9.17) is 4.74 Å². The number of guanidine groups is 1. The highest BCUT2D eigenvalue weighted by molar-refractivity contribution is 5.80. The lowest BCUT2D eigenvalue weighted by molar-refractivity contribution is -0.129. The summed E-state index contributed by atoms with van der Waals surface area (Å²) in [6.45, 7) is 9.68. The van der Waals surface area contributed by atoms with Crippen molar-refractivity contribution in [1.29, 1.82) is 0 Å². The molecule has 1 unspecified atom stereocenters. The SMILES string of the molecule is CCNC(=NCCN(C)CCOC)NC1CCN(C(=O)CC)C1. The maximum absolute atomic E-state index is 11.7. The van der Waals surface area contributed by atoms with Crippen LogP contribution in [0.5, 0.6) is 0 Å². The van der Waals surface area contributed by atoms with Gasteiger partial charge in [0.15, 0.2) is 5.96 Å². The monoisotopic (exact) mass is 327 g/mol. The second-order valence-corrected chi connectivity index (χ2v) is 5.88. The van der Waals surface area contributed by atoms with Gasteiger partial charge in [0.25, 0.3) is 0 Å². The standard InChI is InChI=1S/C16H33N5O2/c1-5-15(22)21-9-7-14(13-21)19-16(17-6-2)18-8-10-20(3)11-12-23-4/h14H,5-13H2,1-4H3,(H2,17,18,19). The Hall–Kier alpha value is -1.34. The molecule has 0 aromatic rings. The molecule has 0 spiro atoms. The molecule has 1 aliphatic rings. The van der Waals surface area contributed by atoms with E-state index in [0.717, 1.165) is 58.3 Å². The fourth-order valence-electron chi connectivity index (χ4n) is 2.53. The molecule has 1 aliphatic heterocycles. The number of methoxy groups -OCH3 is 1. The maximum Gasteiger partial charge on any atom is 0.222 e. The van der Waals surface area contributed by atoms with Crippen molar-refractivity contribution in [3.05, 3.63) is 0 Å². The molecule has 134 valence electrons. The zero-order valence-electron chi connectivity index (χ0n) is 15.1. The minimum atomic E-state index is 0.232. The Kier molecular flexibility index (Phi) is 9.63. The number of aliphatic imine (C=N–C) groups is 1. The molecule has 0 aromatic carbocycles. The molecular formula is C16H33N5O2. The Morgan fingerprint density at radius 3 is 2.83 bits per heavy atom. The van der Waals surface area contributed by atoms with Gasteiger partial charge in [-0.3, -0.25) is 9.79 Å². The molecular weight excluding hydrogens is 294 g/mol. The van der Waals surface area contributed by atoms with Gasteiger partial charge in [0.05, 0.1) is 13.2 Å². The van der Waals surface area contributed by atoms with Crippen molar-refractivity contribution in [1.82, 2.24) is 20.4 Å². The van der Waals surface area contributed by atoms with Crippen LogP contribution in [0.15, 0.2) is 4.99 Å². The molecule has 1 amide bonds. The second kappa shape index (κ2) is 11.2. The van der Waals surface area contributed by atoms with E-state index in [1.54, 1.807) is 7.11 Å². The molecule has 1 saturated heterocycles. The highest BCUT2D eigenvalue weighted by Gasteiger charge is 2.25. The van der Waals surface area contributed by atoms with Crippen LogP contribution < -0.4 is 10.6 Å². The van der Waals surface area contributed by atoms with Gasteiger partial charge < -0.3 is 25.2 Å². The van der Waals surface area contributed by atoms with Gasteiger partial charge in [-0.25, -0.2) is 0 Å². The number of carbonyl (C=O) groups is 1. The van der Waals surface area contributed by atoms with Crippen LogP contribution in [0.1, 0.15) is 26.7 Å². The van der Waals surface area contributed by atoms with Gasteiger partial charge in [-0.2, -0.15) is 0 Å². The third kappa shape index (κ3) is 7.65. The fourth-order valence-corrected chi connectivity index (χ4v) is 2.53. The molecule has 0 radical (unpaired) electrons. The number of hydrogen-bond donors (Lipinski definition) is 2. The summed E-state index contributed by atoms with van der Waals surface area (Å²) in [7, 11) is 3.79. The van der Waals surface area contributed by atoms with E-state index in [-0.39, 0.29) is 11.9 Å². The smallest absolute Gasteiger partial charge is 0.222 e. The molecule has 0 aromatic heterocycles. The minimum absolute atomic E-state index is 0.232. The predicted octanol–water partition coefficient (Wildman–Crippen LogP) is 0.131. The van der Waals surface area contributed by atoms with E-state index in [2.05, 4.69) is 34.5 Å². The third-order valence-corrected chi connectivity index (χ3v) is 3.96. The lowest BCUT2D eigenvalue weighted by Crippen LogP contribution is -2.45. The number of ether oxygens (including phenoxy) is 1. The van der Waals surface area contributed by atoms with Crippen molar-refractivity contribution in [3.63, 3.8) is 0 Å². The van der Waals surface area contributed by atoms with Crippen LogP contribution in [0.3, 0.4) is 0 Å². The summed E-state index contributed by atoms with van der Waals surface area (Å²) in [5, 5.41) is 6.72. The summed E-state index contributed by atoms with van der Waals surface area (Å²) in [4.78, 5) is 20.5. The minimum Gasteiger partial charge on any atom is -0.383 e. The number of likely N-dealkylation sites (N-methyl/N-ethyl adjacent to an activating group) is 1. The zero-order chi connectivity index (χ0) is 17.1. The molecule has 1 rings (SSSR count). The molecule has 7 heteroatoms. The van der Waals surface area contributed by atoms with Crippen molar-refractivity contribution in [2.24, 2.45) is 4.99 Å². The number of likely N-dealkylation sites (tertiary alicyclic amines) is 1. The molecule has 0 saturated carbocycles. The summed E-state index contributed by atoms with van der Waals surface area (Å²) in [5.74, 6) is 1.07. The fraction of sp³-hybridized carbons (Fsp3) is 0.875. The zero-order valence-corrected chi connectivity index (χ0v) is 15.1. The summed E-state index contributed by atoms with van der Waals surface area (Å²) < 4.78 is 5.07. The quantitative estimate of drug-likeness (QED) is 0.465. The average Bonchev–Trinajstić information content (AvgIpc) is 3.00. The number of amides is 1. The van der Waals surface area contributed by atoms with E-state index < -0.39 is 0 Å². The highest BCUT2D eigenvalue weighted by Crippen LogP contribution is 2.10. The lowest BCUT2D eigenvalue weighted by Gasteiger charge is -2.19. The largest absolute Gasteiger partial charge is 0.383 e. The molecule has 1 heterocycles. The molecule has 23 heavy (non-hydrogen) atoms. The van der Waals surface area contributed by atoms with Gasteiger partial charge in [0, 0.05) is 52.3 Å². The molecule has 2 N–H and O–H groups in total. The van der Waals surface area contributed by atoms with E-state index in [1.807, 2.05) is 11.8 Å². The van der Waals surface area contributed by atoms with Crippen LogP contribution in [-0.2, 0) is 9.53 Å². The van der Waals surface area contributed by atoms with Crippen LogP contribution >= 0.6 is 0 Å². The first-order valence-corrected chi connectivity index (χ1v) is 8.60. The summed E-state index contributed by atoms with van der Waals surface area (Å²) in [5.41, 5.74) is 0. The van der Waals surface area contributed by atoms with E-state index in [9.17, 15) is 4.79 Å². The Morgan fingerprint density at radius 1 is 1.39 bits per heavy atom. The van der Waals surface area contributed by atoms with E-state index >= 15 is 0 Å². The summed E-state index contributed by atoms with van der Waals surface area (Å²) >= 11 is 0. The molecule has 1 fully saturated rings. The van der Waals surface area contributed by atoms with Gasteiger partial charge in [0.2, 0.25) is 5.91 Å². The lowest BCUT2D eigenvalue weighted by atomic mass is 10.3. The number of hydrogen-bond acceptors (Lipinski definition) is 4. The van der Waals surface area contributed by atoms with Crippen molar-refractivity contribution < 1.29 is 9.53 Å². The van der Waals surface area contributed by atoms with Crippen molar-refractivity contribution in [3.8, 4) is 0 Å². The Morgan fingerprint density at radius 2 is 2.17 bits per heavy atom. The van der Waals surface area contributed by atoms with Crippen molar-refractivity contribution in [2.75, 3.05) is 60.0 Å². The first-order chi connectivity index (χ1) is 11.1. The Balaban J connectivity index is 2.39. The molecule has 0 aliphatic carbocycles. The van der Waals surface area contributed by atoms with Crippen LogP contribution in [0.25, 0.3) is 0 Å². The maximum atomic E-state index is 11.7. The molecule has 1 atom stereocenters. The Labute approximate surface area is 140 Å². The van der Waals surface area contributed by atoms with Gasteiger partial charge in [0.1, 0.15) is 0 Å². The molecule has 7 nitrogen and oxygen atoms in total. The molecule has 0 bridgehead atoms. The van der Waals surface area contributed by atoms with E-state index in [0.29, 0.717) is 6.42 Å². The topological polar surface area (TPSA) is 69.2 Å². The van der Waals surface area contributed by atoms with Crippen LogP contribution in [0.2, 0.25) is 0 Å². The summed E-state index contributed by atoms with van der Waals surface area (Å²) in [6.07, 6.45) is 1.55. The van der Waals surface area contributed by atoms with Gasteiger partial charge in [-0.15, -0.1) is 0 Å². The number of rotatable bonds is 9.